The van der Waals surface area contributed by atoms with Gasteiger partial charge in [0.1, 0.15) is 5.82 Å². The Bertz CT molecular complexity index is 940. The highest BCUT2D eigenvalue weighted by atomic mass is 19.1. The van der Waals surface area contributed by atoms with Gasteiger partial charge in [-0.3, -0.25) is 19.7 Å². The molecular formula is C15H7FN2O6. The van der Waals surface area contributed by atoms with E-state index in [1.165, 1.54) is 0 Å². The van der Waals surface area contributed by atoms with Gasteiger partial charge >= 0.3 is 5.97 Å². The molecule has 8 nitrogen and oxygen atoms in total. The van der Waals surface area contributed by atoms with E-state index in [4.69, 9.17) is 5.11 Å². The van der Waals surface area contributed by atoms with Crippen LogP contribution in [0.3, 0.4) is 0 Å². The molecule has 120 valence electrons. The molecule has 2 amide bonds. The number of halogens is 1. The SMILES string of the molecule is O=C(O)c1ccc2c(c1)C(=O)N(c1cc([N+](=O)[O-])ccc1F)C2=O. The standard InChI is InChI=1S/C15H7FN2O6/c16-11-4-2-8(18(23)24)6-12(11)17-13(19)9-3-1-7(15(21)22)5-10(9)14(17)20/h1-6H,(H,21,22). The number of benzene rings is 2. The maximum Gasteiger partial charge on any atom is 0.335 e. The first-order valence-corrected chi connectivity index (χ1v) is 6.51. The highest BCUT2D eigenvalue weighted by molar-refractivity contribution is 6.34. The summed E-state index contributed by atoms with van der Waals surface area (Å²) < 4.78 is 14.0. The molecule has 1 N–H and O–H groups in total. The zero-order valence-electron chi connectivity index (χ0n) is 11.7. The third-order valence-electron chi connectivity index (χ3n) is 3.51. The fourth-order valence-electron chi connectivity index (χ4n) is 2.38. The van der Waals surface area contributed by atoms with Gasteiger partial charge in [0.05, 0.1) is 27.3 Å². The summed E-state index contributed by atoms with van der Waals surface area (Å²) in [5, 5.41) is 19.8. The van der Waals surface area contributed by atoms with E-state index in [1.807, 2.05) is 0 Å². The number of carboxylic acids is 1. The van der Waals surface area contributed by atoms with Crippen LogP contribution in [-0.4, -0.2) is 27.8 Å². The quantitative estimate of drug-likeness (QED) is 0.524. The normalized spacial score (nSPS) is 13.1. The van der Waals surface area contributed by atoms with Crippen LogP contribution in [-0.2, 0) is 0 Å². The number of anilines is 1. The summed E-state index contributed by atoms with van der Waals surface area (Å²) in [5.74, 6) is -4.12. The van der Waals surface area contributed by atoms with Crippen molar-refractivity contribution in [3.8, 4) is 0 Å². The third kappa shape index (κ3) is 2.19. The van der Waals surface area contributed by atoms with E-state index in [0.717, 1.165) is 36.4 Å². The Labute approximate surface area is 132 Å². The Morgan fingerprint density at radius 3 is 2.38 bits per heavy atom. The van der Waals surface area contributed by atoms with Crippen molar-refractivity contribution in [2.75, 3.05) is 4.90 Å². The van der Waals surface area contributed by atoms with Crippen molar-refractivity contribution in [2.45, 2.75) is 0 Å². The largest absolute Gasteiger partial charge is 0.478 e. The van der Waals surface area contributed by atoms with Crippen LogP contribution in [0, 0.1) is 15.9 Å². The van der Waals surface area contributed by atoms with Gasteiger partial charge in [0.25, 0.3) is 17.5 Å². The van der Waals surface area contributed by atoms with E-state index in [1.54, 1.807) is 0 Å². The Balaban J connectivity index is 2.13. The number of nitrogens with zero attached hydrogens (tertiary/aromatic N) is 2. The number of nitro groups is 1. The number of carbonyl (C=O) groups is 3. The predicted molar refractivity (Wildman–Crippen MR) is 77.6 cm³/mol. The van der Waals surface area contributed by atoms with Gasteiger partial charge < -0.3 is 5.11 Å². The lowest BCUT2D eigenvalue weighted by Gasteiger charge is -2.14. The van der Waals surface area contributed by atoms with Crippen LogP contribution < -0.4 is 4.90 Å². The number of hydrogen-bond donors (Lipinski definition) is 1. The summed E-state index contributed by atoms with van der Waals surface area (Å²) in [6.45, 7) is 0. The molecule has 9 heteroatoms. The molecule has 0 saturated carbocycles. The second-order valence-electron chi connectivity index (χ2n) is 4.90. The van der Waals surface area contributed by atoms with Crippen molar-refractivity contribution < 1.29 is 28.8 Å². The number of non-ortho nitro benzene ring substituents is 1. The number of amides is 2. The molecule has 1 aliphatic heterocycles. The lowest BCUT2D eigenvalue weighted by atomic mass is 10.1. The zero-order valence-corrected chi connectivity index (χ0v) is 11.7. The Morgan fingerprint density at radius 1 is 1.08 bits per heavy atom. The van der Waals surface area contributed by atoms with Gasteiger partial charge in [-0.25, -0.2) is 14.1 Å². The van der Waals surface area contributed by atoms with Gasteiger partial charge in [-0.2, -0.15) is 0 Å². The van der Waals surface area contributed by atoms with Gasteiger partial charge in [0.15, 0.2) is 0 Å². The fraction of sp³-hybridized carbons (Fsp3) is 0. The molecule has 0 radical (unpaired) electrons. The van der Waals surface area contributed by atoms with E-state index in [0.29, 0.717) is 4.90 Å². The summed E-state index contributed by atoms with van der Waals surface area (Å²) in [6.07, 6.45) is 0. The van der Waals surface area contributed by atoms with Crippen LogP contribution in [0.5, 0.6) is 0 Å². The predicted octanol–water partition coefficient (Wildman–Crippen LogP) is 2.23. The van der Waals surface area contributed by atoms with Crippen LogP contribution >= 0.6 is 0 Å². The molecule has 0 saturated heterocycles. The van der Waals surface area contributed by atoms with Crippen LogP contribution in [0.15, 0.2) is 36.4 Å². The Morgan fingerprint density at radius 2 is 1.75 bits per heavy atom. The summed E-state index contributed by atoms with van der Waals surface area (Å²) in [7, 11) is 0. The number of nitro benzene ring substituents is 1. The van der Waals surface area contributed by atoms with Crippen LogP contribution in [0.1, 0.15) is 31.1 Å². The fourth-order valence-corrected chi connectivity index (χ4v) is 2.38. The number of fused-ring (bicyclic) bond motifs is 1. The lowest BCUT2D eigenvalue weighted by Crippen LogP contribution is -2.30. The van der Waals surface area contributed by atoms with Crippen molar-refractivity contribution in [3.63, 3.8) is 0 Å². The number of aromatic carboxylic acids is 1. The van der Waals surface area contributed by atoms with Crippen molar-refractivity contribution >= 4 is 29.2 Å². The molecular weight excluding hydrogens is 323 g/mol. The number of imide groups is 1. The Hall–Kier alpha value is -3.62. The first-order chi connectivity index (χ1) is 11.3. The average molecular weight is 330 g/mol. The van der Waals surface area contributed by atoms with E-state index in [2.05, 4.69) is 0 Å². The van der Waals surface area contributed by atoms with Gasteiger partial charge in [-0.1, -0.05) is 0 Å². The minimum absolute atomic E-state index is 0.101. The molecule has 0 fully saturated rings. The van der Waals surface area contributed by atoms with Crippen molar-refractivity contribution in [2.24, 2.45) is 0 Å². The molecule has 24 heavy (non-hydrogen) atoms. The molecule has 2 aromatic carbocycles. The first-order valence-electron chi connectivity index (χ1n) is 6.51. The minimum Gasteiger partial charge on any atom is -0.478 e. The second-order valence-corrected chi connectivity index (χ2v) is 4.90. The first kappa shape index (κ1) is 15.3. The van der Waals surface area contributed by atoms with E-state index >= 15 is 0 Å². The highest BCUT2D eigenvalue weighted by Crippen LogP contribution is 2.32. The smallest absolute Gasteiger partial charge is 0.335 e. The van der Waals surface area contributed by atoms with Crippen molar-refractivity contribution in [1.29, 1.82) is 0 Å². The van der Waals surface area contributed by atoms with Gasteiger partial charge in [-0.15, -0.1) is 0 Å². The van der Waals surface area contributed by atoms with Crippen LogP contribution in [0.2, 0.25) is 0 Å². The lowest BCUT2D eigenvalue weighted by molar-refractivity contribution is -0.384. The molecule has 0 spiro atoms. The molecule has 1 heterocycles. The van der Waals surface area contributed by atoms with E-state index in [9.17, 15) is 28.9 Å². The summed E-state index contributed by atoms with van der Waals surface area (Å²) in [6, 6.07) is 5.75. The van der Waals surface area contributed by atoms with Gasteiger partial charge in [0, 0.05) is 12.1 Å². The number of carboxylic acid groups (broad SMARTS) is 1. The van der Waals surface area contributed by atoms with E-state index < -0.39 is 39.9 Å². The molecule has 0 aliphatic carbocycles. The summed E-state index contributed by atoms with van der Waals surface area (Å²) in [4.78, 5) is 46.2. The third-order valence-corrected chi connectivity index (χ3v) is 3.51. The molecule has 0 aromatic heterocycles. The molecule has 2 aromatic rings. The second kappa shape index (κ2) is 5.23. The van der Waals surface area contributed by atoms with Gasteiger partial charge in [-0.05, 0) is 24.3 Å². The molecule has 0 bridgehead atoms. The number of carbonyl (C=O) groups excluding carboxylic acids is 2. The maximum absolute atomic E-state index is 14.0. The molecule has 3 rings (SSSR count). The molecule has 0 atom stereocenters. The monoisotopic (exact) mass is 330 g/mol. The molecule has 0 unspecified atom stereocenters. The highest BCUT2D eigenvalue weighted by Gasteiger charge is 2.39. The minimum atomic E-state index is -1.29. The van der Waals surface area contributed by atoms with Crippen molar-refractivity contribution in [3.05, 3.63) is 69.0 Å². The van der Waals surface area contributed by atoms with Crippen LogP contribution in [0.25, 0.3) is 0 Å². The topological polar surface area (TPSA) is 118 Å². The summed E-state index contributed by atoms with van der Waals surface area (Å²) in [5.41, 5.74) is -1.57. The number of hydrogen-bond acceptors (Lipinski definition) is 5. The number of rotatable bonds is 3. The maximum atomic E-state index is 14.0. The summed E-state index contributed by atoms with van der Waals surface area (Å²) >= 11 is 0. The van der Waals surface area contributed by atoms with Crippen molar-refractivity contribution in [1.82, 2.24) is 0 Å². The zero-order chi connectivity index (χ0) is 17.6. The average Bonchev–Trinajstić information content (AvgIpc) is 2.79. The Kier molecular flexibility index (Phi) is 3.33. The van der Waals surface area contributed by atoms with Gasteiger partial charge in [0.2, 0.25) is 0 Å². The van der Waals surface area contributed by atoms with E-state index in [-0.39, 0.29) is 16.7 Å². The van der Waals surface area contributed by atoms with Crippen LogP contribution in [0.4, 0.5) is 15.8 Å². The molecule has 1 aliphatic rings.